The van der Waals surface area contributed by atoms with Gasteiger partial charge >= 0.3 is 6.09 Å². The van der Waals surface area contributed by atoms with Gasteiger partial charge < -0.3 is 10.1 Å². The molecule has 1 amide bonds. The molecule has 6 heteroatoms. The highest BCUT2D eigenvalue weighted by atomic mass is 16.5. The first-order valence-electron chi connectivity index (χ1n) is 6.86. The molecule has 2 N–H and O–H groups in total. The van der Waals surface area contributed by atoms with E-state index in [1.807, 2.05) is 12.1 Å². The van der Waals surface area contributed by atoms with Crippen LogP contribution in [0.1, 0.15) is 24.2 Å². The molecule has 0 fully saturated rings. The number of aromatic nitrogens is 1. The van der Waals surface area contributed by atoms with Crippen LogP contribution in [0, 0.1) is 0 Å². The molecule has 0 saturated heterocycles. The van der Waals surface area contributed by atoms with Crippen LogP contribution >= 0.6 is 0 Å². The lowest BCUT2D eigenvalue weighted by atomic mass is 10.1. The van der Waals surface area contributed by atoms with Crippen molar-refractivity contribution in [2.75, 3.05) is 17.2 Å². The van der Waals surface area contributed by atoms with E-state index in [9.17, 15) is 9.59 Å². The molecule has 0 bridgehead atoms. The molecule has 0 spiro atoms. The van der Waals surface area contributed by atoms with Crippen LogP contribution < -0.4 is 10.6 Å². The predicted octanol–water partition coefficient (Wildman–Crippen LogP) is 3.60. The number of anilines is 3. The Morgan fingerprint density at radius 3 is 2.32 bits per heavy atom. The van der Waals surface area contributed by atoms with Crippen LogP contribution in [0.25, 0.3) is 0 Å². The normalized spacial score (nSPS) is 9.91. The maximum Gasteiger partial charge on any atom is 0.411 e. The fourth-order valence-electron chi connectivity index (χ4n) is 1.76. The van der Waals surface area contributed by atoms with Crippen molar-refractivity contribution in [1.82, 2.24) is 4.98 Å². The Kier molecular flexibility index (Phi) is 5.08. The zero-order valence-electron chi connectivity index (χ0n) is 12.4. The SMILES string of the molecule is CCOC(=O)Nc1ccc(Nc2ccc(C(C)=O)cc2)nc1. The van der Waals surface area contributed by atoms with Crippen LogP contribution in [0.3, 0.4) is 0 Å². The lowest BCUT2D eigenvalue weighted by Crippen LogP contribution is -2.13. The molecule has 0 aliphatic carbocycles. The first kappa shape index (κ1) is 15.5. The van der Waals surface area contributed by atoms with Gasteiger partial charge in [0, 0.05) is 11.3 Å². The van der Waals surface area contributed by atoms with E-state index in [4.69, 9.17) is 4.74 Å². The molecule has 114 valence electrons. The predicted molar refractivity (Wildman–Crippen MR) is 84.6 cm³/mol. The maximum absolute atomic E-state index is 11.3. The summed E-state index contributed by atoms with van der Waals surface area (Å²) in [4.78, 5) is 26.7. The number of ether oxygens (including phenoxy) is 1. The van der Waals surface area contributed by atoms with Crippen LogP contribution in [0.5, 0.6) is 0 Å². The molecule has 1 heterocycles. The van der Waals surface area contributed by atoms with Crippen molar-refractivity contribution in [3.05, 3.63) is 48.2 Å². The molecule has 22 heavy (non-hydrogen) atoms. The van der Waals surface area contributed by atoms with Crippen LogP contribution in [-0.2, 0) is 4.74 Å². The van der Waals surface area contributed by atoms with Crippen molar-refractivity contribution >= 4 is 29.1 Å². The second-order valence-electron chi connectivity index (χ2n) is 4.54. The first-order valence-corrected chi connectivity index (χ1v) is 6.86. The molecule has 0 unspecified atom stereocenters. The minimum absolute atomic E-state index is 0.0269. The minimum atomic E-state index is -0.509. The zero-order chi connectivity index (χ0) is 15.9. The van der Waals surface area contributed by atoms with Gasteiger partial charge in [-0.2, -0.15) is 0 Å². The molecular formula is C16H17N3O3. The summed E-state index contributed by atoms with van der Waals surface area (Å²) in [6.07, 6.45) is 1.02. The van der Waals surface area contributed by atoms with Gasteiger partial charge in [-0.05, 0) is 50.2 Å². The van der Waals surface area contributed by atoms with E-state index in [-0.39, 0.29) is 5.78 Å². The van der Waals surface area contributed by atoms with Gasteiger partial charge in [-0.15, -0.1) is 0 Å². The Balaban J connectivity index is 1.98. The summed E-state index contributed by atoms with van der Waals surface area (Å²) in [5, 5.41) is 5.67. The molecular weight excluding hydrogens is 282 g/mol. The molecule has 0 aliphatic rings. The van der Waals surface area contributed by atoms with Gasteiger partial charge in [0.15, 0.2) is 5.78 Å². The van der Waals surface area contributed by atoms with E-state index in [0.29, 0.717) is 23.7 Å². The smallest absolute Gasteiger partial charge is 0.411 e. The Labute approximate surface area is 128 Å². The van der Waals surface area contributed by atoms with Crippen LogP contribution in [0.15, 0.2) is 42.6 Å². The molecule has 6 nitrogen and oxygen atoms in total. The second kappa shape index (κ2) is 7.21. The van der Waals surface area contributed by atoms with Crippen molar-refractivity contribution < 1.29 is 14.3 Å². The summed E-state index contributed by atoms with van der Waals surface area (Å²) < 4.78 is 4.78. The average Bonchev–Trinajstić information content (AvgIpc) is 2.50. The fraction of sp³-hybridized carbons (Fsp3) is 0.188. The van der Waals surface area contributed by atoms with Gasteiger partial charge in [-0.1, -0.05) is 0 Å². The van der Waals surface area contributed by atoms with E-state index in [2.05, 4.69) is 15.6 Å². The maximum atomic E-state index is 11.3. The third-order valence-electron chi connectivity index (χ3n) is 2.85. The molecule has 0 atom stereocenters. The highest BCUT2D eigenvalue weighted by Crippen LogP contribution is 2.17. The number of amides is 1. The molecule has 1 aromatic heterocycles. The molecule has 0 radical (unpaired) electrons. The van der Waals surface area contributed by atoms with E-state index in [0.717, 1.165) is 5.69 Å². The Morgan fingerprint density at radius 1 is 1.09 bits per heavy atom. The van der Waals surface area contributed by atoms with Crippen molar-refractivity contribution in [3.8, 4) is 0 Å². The second-order valence-corrected chi connectivity index (χ2v) is 4.54. The van der Waals surface area contributed by atoms with Crippen LogP contribution in [-0.4, -0.2) is 23.5 Å². The highest BCUT2D eigenvalue weighted by molar-refractivity contribution is 5.94. The number of Topliss-reactive ketones (excluding diaryl/α,β-unsaturated/α-hetero) is 1. The number of carbonyl (C=O) groups is 2. The zero-order valence-corrected chi connectivity index (χ0v) is 12.4. The summed E-state index contributed by atoms with van der Waals surface area (Å²) in [6.45, 7) is 3.58. The van der Waals surface area contributed by atoms with Crippen molar-refractivity contribution in [2.45, 2.75) is 13.8 Å². The molecule has 2 aromatic rings. The minimum Gasteiger partial charge on any atom is -0.450 e. The van der Waals surface area contributed by atoms with E-state index in [1.54, 1.807) is 31.2 Å². The van der Waals surface area contributed by atoms with Gasteiger partial charge in [-0.25, -0.2) is 9.78 Å². The number of carbonyl (C=O) groups excluding carboxylic acids is 2. The quantitative estimate of drug-likeness (QED) is 0.825. The summed E-state index contributed by atoms with van der Waals surface area (Å²) in [5.41, 5.74) is 2.03. The number of nitrogens with one attached hydrogen (secondary N) is 2. The van der Waals surface area contributed by atoms with E-state index < -0.39 is 6.09 Å². The number of pyridine rings is 1. The van der Waals surface area contributed by atoms with Gasteiger partial charge in [0.05, 0.1) is 18.5 Å². The number of ketones is 1. The molecule has 0 aliphatic heterocycles. The largest absolute Gasteiger partial charge is 0.450 e. The summed E-state index contributed by atoms with van der Waals surface area (Å²) >= 11 is 0. The van der Waals surface area contributed by atoms with E-state index in [1.165, 1.54) is 13.1 Å². The van der Waals surface area contributed by atoms with Gasteiger partial charge in [0.1, 0.15) is 5.82 Å². The van der Waals surface area contributed by atoms with Crippen molar-refractivity contribution in [3.63, 3.8) is 0 Å². The summed E-state index contributed by atoms with van der Waals surface area (Å²) in [7, 11) is 0. The molecule has 2 rings (SSSR count). The number of hydrogen-bond donors (Lipinski definition) is 2. The van der Waals surface area contributed by atoms with Gasteiger partial charge in [0.2, 0.25) is 0 Å². The number of benzene rings is 1. The van der Waals surface area contributed by atoms with Crippen molar-refractivity contribution in [2.24, 2.45) is 0 Å². The first-order chi connectivity index (χ1) is 10.6. The Morgan fingerprint density at radius 2 is 1.77 bits per heavy atom. The molecule has 1 aromatic carbocycles. The standard InChI is InChI=1S/C16H17N3O3/c1-3-22-16(21)19-14-8-9-15(17-10-14)18-13-6-4-12(5-7-13)11(2)20/h4-10H,3H2,1-2H3,(H,17,18)(H,19,21). The average molecular weight is 299 g/mol. The Bertz CT molecular complexity index is 651. The topological polar surface area (TPSA) is 80.3 Å². The summed E-state index contributed by atoms with van der Waals surface area (Å²) in [6, 6.07) is 10.6. The number of nitrogens with zero attached hydrogens (tertiary/aromatic N) is 1. The lowest BCUT2D eigenvalue weighted by Gasteiger charge is -2.08. The monoisotopic (exact) mass is 299 g/mol. The Hall–Kier alpha value is -2.89. The van der Waals surface area contributed by atoms with Crippen LogP contribution in [0.2, 0.25) is 0 Å². The molecule has 0 saturated carbocycles. The summed E-state index contributed by atoms with van der Waals surface area (Å²) in [5.74, 6) is 0.657. The van der Waals surface area contributed by atoms with Crippen molar-refractivity contribution in [1.29, 1.82) is 0 Å². The number of hydrogen-bond acceptors (Lipinski definition) is 5. The third-order valence-corrected chi connectivity index (χ3v) is 2.85. The van der Waals surface area contributed by atoms with Crippen LogP contribution in [0.4, 0.5) is 22.0 Å². The number of rotatable bonds is 5. The third kappa shape index (κ3) is 4.31. The van der Waals surface area contributed by atoms with E-state index >= 15 is 0 Å². The lowest BCUT2D eigenvalue weighted by molar-refractivity contribution is 0.101. The van der Waals surface area contributed by atoms with Gasteiger partial charge in [-0.3, -0.25) is 10.1 Å². The highest BCUT2D eigenvalue weighted by Gasteiger charge is 2.03. The van der Waals surface area contributed by atoms with Gasteiger partial charge in [0.25, 0.3) is 0 Å². The fourth-order valence-corrected chi connectivity index (χ4v) is 1.76.